The molecular weight excluding hydrogens is 162 g/mol. The Morgan fingerprint density at radius 3 is 3.08 bits per heavy atom. The zero-order valence-electron chi connectivity index (χ0n) is 6.52. The molecule has 0 saturated heterocycles. The van der Waals surface area contributed by atoms with Gasteiger partial charge < -0.3 is 9.84 Å². The lowest BCUT2D eigenvalue weighted by Gasteiger charge is -2.07. The van der Waals surface area contributed by atoms with Crippen LogP contribution in [0.1, 0.15) is 13.3 Å². The number of aliphatic hydroxyl groups excluding tert-OH is 1. The van der Waals surface area contributed by atoms with E-state index in [0.29, 0.717) is 6.42 Å². The molecule has 6 nitrogen and oxygen atoms in total. The van der Waals surface area contributed by atoms with Crippen LogP contribution in [-0.2, 0) is 0 Å². The van der Waals surface area contributed by atoms with Gasteiger partial charge in [-0.3, -0.25) is 4.98 Å². The van der Waals surface area contributed by atoms with E-state index in [1.165, 1.54) is 0 Å². The largest absolute Gasteiger partial charge is 0.435 e. The average Bonchev–Trinajstić information content (AvgIpc) is 2.04. The van der Waals surface area contributed by atoms with Crippen molar-refractivity contribution in [2.45, 2.75) is 19.6 Å². The summed E-state index contributed by atoms with van der Waals surface area (Å²) < 4.78 is 4.79. The van der Waals surface area contributed by atoms with Crippen LogP contribution in [0.25, 0.3) is 0 Å². The summed E-state index contributed by atoms with van der Waals surface area (Å²) >= 11 is 0. The minimum absolute atomic E-state index is 0.0237. The number of nitrogens with one attached hydrogen (secondary N) is 1. The molecule has 0 spiro atoms. The van der Waals surface area contributed by atoms with E-state index in [2.05, 4.69) is 15.0 Å². The third-order valence-corrected chi connectivity index (χ3v) is 1.16. The van der Waals surface area contributed by atoms with Gasteiger partial charge in [0.25, 0.3) is 0 Å². The molecule has 1 rings (SSSR count). The van der Waals surface area contributed by atoms with Crippen molar-refractivity contribution in [3.63, 3.8) is 0 Å². The minimum Gasteiger partial charge on any atom is -0.435 e. The van der Waals surface area contributed by atoms with Crippen molar-refractivity contribution in [1.29, 1.82) is 0 Å². The Labute approximate surface area is 68.3 Å². The summed E-state index contributed by atoms with van der Waals surface area (Å²) in [4.78, 5) is 19.7. The predicted molar refractivity (Wildman–Crippen MR) is 39.6 cm³/mol. The molecule has 0 aliphatic rings. The normalized spacial score (nSPS) is 12.5. The summed E-state index contributed by atoms with van der Waals surface area (Å²) in [6.07, 6.45) is 0.540. The highest BCUT2D eigenvalue weighted by atomic mass is 16.6. The first-order chi connectivity index (χ1) is 5.72. The van der Waals surface area contributed by atoms with Gasteiger partial charge in [0, 0.05) is 6.42 Å². The maximum atomic E-state index is 10.6. The Bertz CT molecular complexity index is 298. The summed E-state index contributed by atoms with van der Waals surface area (Å²) in [5.74, 6) is 0. The van der Waals surface area contributed by atoms with Gasteiger partial charge in [0.1, 0.15) is 6.33 Å². The second kappa shape index (κ2) is 3.82. The maximum absolute atomic E-state index is 10.6. The van der Waals surface area contributed by atoms with Crippen LogP contribution < -0.4 is 10.4 Å². The number of rotatable bonds is 3. The topological polar surface area (TPSA) is 88.1 Å². The molecule has 2 N–H and O–H groups in total. The van der Waals surface area contributed by atoms with Crippen molar-refractivity contribution in [2.75, 3.05) is 0 Å². The van der Waals surface area contributed by atoms with Crippen molar-refractivity contribution in [2.24, 2.45) is 0 Å². The first-order valence-electron chi connectivity index (χ1n) is 3.48. The third-order valence-electron chi connectivity index (χ3n) is 1.16. The Balaban J connectivity index is 2.69. The summed E-state index contributed by atoms with van der Waals surface area (Å²) in [6.45, 7) is 1.74. The van der Waals surface area contributed by atoms with Gasteiger partial charge >= 0.3 is 11.7 Å². The summed E-state index contributed by atoms with van der Waals surface area (Å²) in [5, 5.41) is 9.00. The van der Waals surface area contributed by atoms with Crippen molar-refractivity contribution in [1.82, 2.24) is 15.0 Å². The third kappa shape index (κ3) is 2.31. The van der Waals surface area contributed by atoms with Gasteiger partial charge in [-0.15, -0.1) is 0 Å². The van der Waals surface area contributed by atoms with E-state index in [9.17, 15) is 4.79 Å². The summed E-state index contributed by atoms with van der Waals surface area (Å²) in [5.41, 5.74) is -0.552. The average molecular weight is 171 g/mol. The fourth-order valence-electron chi connectivity index (χ4n) is 0.562. The first kappa shape index (κ1) is 8.66. The van der Waals surface area contributed by atoms with Crippen LogP contribution in [0.2, 0.25) is 0 Å². The second-order valence-corrected chi connectivity index (χ2v) is 2.09. The van der Waals surface area contributed by atoms with Gasteiger partial charge in [0.05, 0.1) is 0 Å². The van der Waals surface area contributed by atoms with E-state index < -0.39 is 12.0 Å². The molecule has 12 heavy (non-hydrogen) atoms. The van der Waals surface area contributed by atoms with Crippen molar-refractivity contribution >= 4 is 0 Å². The van der Waals surface area contributed by atoms with Crippen LogP contribution >= 0.6 is 0 Å². The highest BCUT2D eigenvalue weighted by Crippen LogP contribution is 1.99. The number of ether oxygens (including phenoxy) is 1. The van der Waals surface area contributed by atoms with E-state index >= 15 is 0 Å². The van der Waals surface area contributed by atoms with E-state index in [0.717, 1.165) is 6.33 Å². The number of aliphatic hydroxyl groups is 1. The molecule has 0 aliphatic carbocycles. The molecule has 0 saturated carbocycles. The van der Waals surface area contributed by atoms with Gasteiger partial charge in [0.2, 0.25) is 0 Å². The van der Waals surface area contributed by atoms with Gasteiger partial charge in [-0.25, -0.2) is 4.79 Å². The number of hydrogen-bond acceptors (Lipinski definition) is 5. The van der Waals surface area contributed by atoms with E-state index in [1.54, 1.807) is 6.92 Å². The number of nitrogens with zero attached hydrogens (tertiary/aromatic N) is 2. The highest BCUT2D eigenvalue weighted by Gasteiger charge is 2.03. The lowest BCUT2D eigenvalue weighted by atomic mass is 10.5. The van der Waals surface area contributed by atoms with Crippen LogP contribution in [0.5, 0.6) is 6.01 Å². The molecule has 6 heteroatoms. The molecule has 0 radical (unpaired) electrons. The number of aromatic amines is 1. The molecule has 0 fully saturated rings. The Morgan fingerprint density at radius 1 is 1.75 bits per heavy atom. The first-order valence-corrected chi connectivity index (χ1v) is 3.48. The van der Waals surface area contributed by atoms with Crippen LogP contribution in [-0.4, -0.2) is 26.3 Å². The molecule has 1 unspecified atom stereocenters. The van der Waals surface area contributed by atoms with Crippen LogP contribution in [0.3, 0.4) is 0 Å². The zero-order chi connectivity index (χ0) is 8.97. The molecule has 1 aromatic rings. The molecular formula is C6H9N3O3. The van der Waals surface area contributed by atoms with E-state index in [-0.39, 0.29) is 6.01 Å². The van der Waals surface area contributed by atoms with Crippen LogP contribution in [0, 0.1) is 0 Å². The fraction of sp³-hybridized carbons (Fsp3) is 0.500. The lowest BCUT2D eigenvalue weighted by molar-refractivity contribution is -0.0260. The molecule has 1 aromatic heterocycles. The Morgan fingerprint density at radius 2 is 2.50 bits per heavy atom. The lowest BCUT2D eigenvalue weighted by Crippen LogP contribution is -2.19. The minimum atomic E-state index is -0.949. The molecule has 1 heterocycles. The van der Waals surface area contributed by atoms with Gasteiger partial charge in [-0.2, -0.15) is 9.97 Å². The van der Waals surface area contributed by atoms with Crippen LogP contribution in [0.4, 0.5) is 0 Å². The van der Waals surface area contributed by atoms with E-state index in [4.69, 9.17) is 9.84 Å². The SMILES string of the molecule is CCC(O)Oc1ncnc(=O)[nH]1. The molecule has 0 amide bonds. The second-order valence-electron chi connectivity index (χ2n) is 2.09. The fourth-order valence-corrected chi connectivity index (χ4v) is 0.562. The maximum Gasteiger partial charge on any atom is 0.350 e. The Hall–Kier alpha value is -1.43. The highest BCUT2D eigenvalue weighted by molar-refractivity contribution is 4.87. The summed E-state index contributed by atoms with van der Waals surface area (Å²) in [7, 11) is 0. The molecule has 0 bridgehead atoms. The standard InChI is InChI=1S/C6H9N3O3/c1-2-4(10)12-6-8-3-7-5(11)9-6/h3-4,10H,2H2,1H3,(H,7,8,9,11). The van der Waals surface area contributed by atoms with Gasteiger partial charge in [0.15, 0.2) is 6.29 Å². The van der Waals surface area contributed by atoms with Gasteiger partial charge in [-0.05, 0) is 0 Å². The number of hydrogen-bond donors (Lipinski definition) is 2. The quantitative estimate of drug-likeness (QED) is 0.585. The van der Waals surface area contributed by atoms with Crippen molar-refractivity contribution in [3.05, 3.63) is 16.8 Å². The zero-order valence-corrected chi connectivity index (χ0v) is 6.52. The smallest absolute Gasteiger partial charge is 0.350 e. The number of H-pyrrole nitrogens is 1. The van der Waals surface area contributed by atoms with Crippen molar-refractivity contribution in [3.8, 4) is 6.01 Å². The monoisotopic (exact) mass is 171 g/mol. The predicted octanol–water partition coefficient (Wildman–Crippen LogP) is -0.728. The van der Waals surface area contributed by atoms with Crippen LogP contribution in [0.15, 0.2) is 11.1 Å². The number of aromatic nitrogens is 3. The van der Waals surface area contributed by atoms with E-state index in [1.807, 2.05) is 0 Å². The molecule has 66 valence electrons. The Kier molecular flexibility index (Phi) is 2.76. The molecule has 1 atom stereocenters. The van der Waals surface area contributed by atoms with Crippen molar-refractivity contribution < 1.29 is 9.84 Å². The molecule has 0 aliphatic heterocycles. The molecule has 0 aromatic carbocycles. The van der Waals surface area contributed by atoms with Gasteiger partial charge in [-0.1, -0.05) is 6.92 Å². The summed E-state index contributed by atoms with van der Waals surface area (Å²) in [6, 6.07) is -0.0237.